The third kappa shape index (κ3) is 2.94. The zero-order valence-electron chi connectivity index (χ0n) is 10.8. The van der Waals surface area contributed by atoms with E-state index in [1.54, 1.807) is 6.07 Å². The van der Waals surface area contributed by atoms with Crippen molar-refractivity contribution in [2.24, 2.45) is 0 Å². The van der Waals surface area contributed by atoms with E-state index in [0.717, 1.165) is 20.2 Å². The highest BCUT2D eigenvalue weighted by Gasteiger charge is 2.07. The molecule has 3 aromatic rings. The summed E-state index contributed by atoms with van der Waals surface area (Å²) < 4.78 is 0.994. The summed E-state index contributed by atoms with van der Waals surface area (Å²) in [4.78, 5) is 4.54. The van der Waals surface area contributed by atoms with Crippen LogP contribution in [-0.2, 0) is 0 Å². The lowest BCUT2D eigenvalue weighted by Gasteiger charge is -2.10. The van der Waals surface area contributed by atoms with Gasteiger partial charge in [0.05, 0.1) is 22.8 Å². The molecule has 3 nitrogen and oxygen atoms in total. The summed E-state index contributed by atoms with van der Waals surface area (Å²) >= 11 is 8.16. The molecule has 0 radical (unpaired) electrons. The van der Waals surface area contributed by atoms with Crippen molar-refractivity contribution in [3.8, 4) is 6.07 Å². The molecular weight excluding hydrogens is 397 g/mol. The molecule has 102 valence electrons. The summed E-state index contributed by atoms with van der Waals surface area (Å²) in [6.07, 6.45) is 0. The van der Waals surface area contributed by atoms with E-state index in [2.05, 4.69) is 39.0 Å². The van der Waals surface area contributed by atoms with Crippen LogP contribution in [-0.4, -0.2) is 4.98 Å². The Bertz CT molecular complexity index is 871. The number of fused-ring (bicyclic) bond motifs is 1. The lowest BCUT2D eigenvalue weighted by molar-refractivity contribution is 1.35. The molecule has 0 atom stereocenters. The molecule has 0 fully saturated rings. The Morgan fingerprint density at radius 1 is 1.14 bits per heavy atom. The highest BCUT2D eigenvalue weighted by atomic mass is 127. The lowest BCUT2D eigenvalue weighted by atomic mass is 10.1. The van der Waals surface area contributed by atoms with Gasteiger partial charge in [-0.1, -0.05) is 29.8 Å². The van der Waals surface area contributed by atoms with Crippen molar-refractivity contribution >= 4 is 56.6 Å². The van der Waals surface area contributed by atoms with Crippen LogP contribution in [0.2, 0.25) is 5.02 Å². The van der Waals surface area contributed by atoms with E-state index >= 15 is 0 Å². The molecule has 0 bridgehead atoms. The number of anilines is 2. The first kappa shape index (κ1) is 14.1. The number of aromatic nitrogens is 1. The van der Waals surface area contributed by atoms with Crippen molar-refractivity contribution in [2.45, 2.75) is 0 Å². The molecule has 0 spiro atoms. The maximum Gasteiger partial charge on any atom is 0.132 e. The molecule has 0 unspecified atom stereocenters. The zero-order chi connectivity index (χ0) is 14.8. The minimum Gasteiger partial charge on any atom is -0.339 e. The molecule has 0 saturated carbocycles. The maximum absolute atomic E-state index is 9.29. The van der Waals surface area contributed by atoms with E-state index in [4.69, 9.17) is 11.6 Å². The molecule has 1 N–H and O–H groups in total. The summed E-state index contributed by atoms with van der Waals surface area (Å²) in [7, 11) is 0. The van der Waals surface area contributed by atoms with Gasteiger partial charge in [0.15, 0.2) is 0 Å². The molecule has 5 heteroatoms. The number of nitrogens with zero attached hydrogens (tertiary/aromatic N) is 2. The molecule has 21 heavy (non-hydrogen) atoms. The first-order chi connectivity index (χ1) is 10.2. The molecule has 0 aliphatic heterocycles. The van der Waals surface area contributed by atoms with Gasteiger partial charge in [-0.3, -0.25) is 0 Å². The van der Waals surface area contributed by atoms with Gasteiger partial charge < -0.3 is 5.32 Å². The number of benzene rings is 2. The molecule has 1 heterocycles. The number of nitrogens with one attached hydrogen (secondary N) is 1. The molecule has 3 rings (SSSR count). The van der Waals surface area contributed by atoms with E-state index in [1.165, 1.54) is 0 Å². The Balaban J connectivity index is 2.07. The van der Waals surface area contributed by atoms with Crippen molar-refractivity contribution in [1.82, 2.24) is 4.98 Å². The van der Waals surface area contributed by atoms with Gasteiger partial charge in [0.25, 0.3) is 0 Å². The lowest BCUT2D eigenvalue weighted by Crippen LogP contribution is -1.97. The van der Waals surface area contributed by atoms with Gasteiger partial charge in [-0.25, -0.2) is 4.98 Å². The van der Waals surface area contributed by atoms with Gasteiger partial charge in [-0.05, 0) is 52.9 Å². The minimum atomic E-state index is 0.604. The second-order valence-corrected chi connectivity index (χ2v) is 6.03. The minimum absolute atomic E-state index is 0.604. The Morgan fingerprint density at radius 2 is 1.95 bits per heavy atom. The Labute approximate surface area is 140 Å². The molecule has 0 amide bonds. The summed E-state index contributed by atoms with van der Waals surface area (Å²) in [5.41, 5.74) is 2.31. The van der Waals surface area contributed by atoms with Gasteiger partial charge in [0, 0.05) is 14.0 Å². The zero-order valence-corrected chi connectivity index (χ0v) is 13.7. The third-order valence-electron chi connectivity index (χ3n) is 3.03. The smallest absolute Gasteiger partial charge is 0.132 e. The SMILES string of the molecule is N#Cc1cc(Nc2ccc(Cl)cc2I)nc2ccccc12. The average molecular weight is 406 g/mol. The number of pyridine rings is 1. The number of hydrogen-bond donors (Lipinski definition) is 1. The van der Waals surface area contributed by atoms with Gasteiger partial charge in [0.1, 0.15) is 5.82 Å². The van der Waals surface area contributed by atoms with E-state index in [9.17, 15) is 5.26 Å². The molecular formula is C16H9ClIN3. The summed E-state index contributed by atoms with van der Waals surface area (Å²) in [6.45, 7) is 0. The largest absolute Gasteiger partial charge is 0.339 e. The van der Waals surface area contributed by atoms with Crippen molar-refractivity contribution in [3.05, 3.63) is 62.7 Å². The second-order valence-electron chi connectivity index (χ2n) is 4.43. The molecule has 1 aromatic heterocycles. The summed E-state index contributed by atoms with van der Waals surface area (Å²) in [5.74, 6) is 0.644. The summed E-state index contributed by atoms with van der Waals surface area (Å²) in [6, 6.07) is 17.2. The van der Waals surface area contributed by atoms with Crippen LogP contribution in [0, 0.1) is 14.9 Å². The first-order valence-corrected chi connectivity index (χ1v) is 7.65. The second kappa shape index (κ2) is 5.88. The molecule has 0 aliphatic rings. The normalized spacial score (nSPS) is 10.3. The summed E-state index contributed by atoms with van der Waals surface area (Å²) in [5, 5.41) is 14.1. The fraction of sp³-hybridized carbons (Fsp3) is 0. The topological polar surface area (TPSA) is 48.7 Å². The predicted octanol–water partition coefficient (Wildman–Crippen LogP) is 5.11. The van der Waals surface area contributed by atoms with E-state index in [0.29, 0.717) is 16.4 Å². The number of para-hydroxylation sites is 1. The monoisotopic (exact) mass is 405 g/mol. The number of hydrogen-bond acceptors (Lipinski definition) is 3. The van der Waals surface area contributed by atoms with Crippen molar-refractivity contribution in [3.63, 3.8) is 0 Å². The van der Waals surface area contributed by atoms with Crippen LogP contribution in [0.15, 0.2) is 48.5 Å². The van der Waals surface area contributed by atoms with E-state index in [-0.39, 0.29) is 0 Å². The van der Waals surface area contributed by atoms with Crippen LogP contribution < -0.4 is 5.32 Å². The number of nitriles is 1. The van der Waals surface area contributed by atoms with Gasteiger partial charge in [-0.2, -0.15) is 5.26 Å². The van der Waals surface area contributed by atoms with Gasteiger partial charge >= 0.3 is 0 Å². The van der Waals surface area contributed by atoms with E-state index < -0.39 is 0 Å². The number of rotatable bonds is 2. The Kier molecular flexibility index (Phi) is 3.95. The molecule has 0 saturated heterocycles. The van der Waals surface area contributed by atoms with Crippen LogP contribution in [0.5, 0.6) is 0 Å². The van der Waals surface area contributed by atoms with Gasteiger partial charge in [-0.15, -0.1) is 0 Å². The number of halogens is 2. The average Bonchev–Trinajstić information content (AvgIpc) is 2.49. The van der Waals surface area contributed by atoms with Crippen molar-refractivity contribution < 1.29 is 0 Å². The maximum atomic E-state index is 9.29. The van der Waals surface area contributed by atoms with Crippen LogP contribution in [0.3, 0.4) is 0 Å². The van der Waals surface area contributed by atoms with Crippen LogP contribution in [0.25, 0.3) is 10.9 Å². The standard InChI is InChI=1S/C16H9ClIN3/c17-11-5-6-15(13(18)8-11)21-16-7-10(9-19)12-3-1-2-4-14(12)20-16/h1-8H,(H,20,21). The fourth-order valence-corrected chi connectivity index (χ4v) is 3.07. The quantitative estimate of drug-likeness (QED) is 0.603. The molecule has 2 aromatic carbocycles. The van der Waals surface area contributed by atoms with Crippen LogP contribution in [0.4, 0.5) is 11.5 Å². The van der Waals surface area contributed by atoms with Crippen LogP contribution >= 0.6 is 34.2 Å². The van der Waals surface area contributed by atoms with E-state index in [1.807, 2.05) is 42.5 Å². The van der Waals surface area contributed by atoms with Crippen molar-refractivity contribution in [1.29, 1.82) is 5.26 Å². The highest BCUT2D eigenvalue weighted by molar-refractivity contribution is 14.1. The molecule has 0 aliphatic carbocycles. The van der Waals surface area contributed by atoms with Gasteiger partial charge in [0.2, 0.25) is 0 Å². The first-order valence-electron chi connectivity index (χ1n) is 6.19. The Hall–Kier alpha value is -1.84. The third-order valence-corrected chi connectivity index (χ3v) is 4.16. The Morgan fingerprint density at radius 3 is 2.71 bits per heavy atom. The van der Waals surface area contributed by atoms with Crippen LogP contribution in [0.1, 0.15) is 5.56 Å². The highest BCUT2D eigenvalue weighted by Crippen LogP contribution is 2.27. The predicted molar refractivity (Wildman–Crippen MR) is 93.9 cm³/mol. The van der Waals surface area contributed by atoms with Crippen molar-refractivity contribution in [2.75, 3.05) is 5.32 Å². The fourth-order valence-electron chi connectivity index (χ4n) is 2.06.